The molecule has 1 aromatic rings. The zero-order valence-corrected chi connectivity index (χ0v) is 7.10. The van der Waals surface area contributed by atoms with Gasteiger partial charge in [-0.2, -0.15) is 5.10 Å². The van der Waals surface area contributed by atoms with Crippen molar-refractivity contribution in [2.45, 2.75) is 6.92 Å². The largest absolute Gasteiger partial charge is 0.367 e. The molecule has 0 unspecified atom stereocenters. The van der Waals surface area contributed by atoms with Gasteiger partial charge in [-0.05, 0) is 19.1 Å². The zero-order chi connectivity index (χ0) is 8.10. The Balaban J connectivity index is 2.52. The molecule has 1 heterocycles. The van der Waals surface area contributed by atoms with E-state index >= 15 is 0 Å². The lowest BCUT2D eigenvalue weighted by atomic mass is 10.4. The summed E-state index contributed by atoms with van der Waals surface area (Å²) >= 11 is 5.47. The Hall–Kier alpha value is -0.830. The van der Waals surface area contributed by atoms with Crippen molar-refractivity contribution in [2.24, 2.45) is 0 Å². The van der Waals surface area contributed by atoms with Gasteiger partial charge >= 0.3 is 0 Å². The maximum absolute atomic E-state index is 5.47. The van der Waals surface area contributed by atoms with Gasteiger partial charge in [-0.1, -0.05) is 0 Å². The van der Waals surface area contributed by atoms with Crippen LogP contribution in [-0.2, 0) is 0 Å². The molecule has 0 radical (unpaired) electrons. The lowest BCUT2D eigenvalue weighted by Crippen LogP contribution is -2.04. The summed E-state index contributed by atoms with van der Waals surface area (Å²) in [6.45, 7) is 2.62. The SMILES string of the molecule is Cc1ccc(NCCCl)nn1. The van der Waals surface area contributed by atoms with Crippen LogP contribution in [0.2, 0.25) is 0 Å². The fourth-order valence-corrected chi connectivity index (χ4v) is 0.763. The minimum Gasteiger partial charge on any atom is -0.367 e. The minimum atomic E-state index is 0.579. The molecule has 3 nitrogen and oxygen atoms in total. The Kier molecular flexibility index (Phi) is 3.11. The molecule has 0 aliphatic heterocycles. The average Bonchev–Trinajstić information content (AvgIpc) is 2.04. The van der Waals surface area contributed by atoms with E-state index in [2.05, 4.69) is 15.5 Å². The maximum Gasteiger partial charge on any atom is 0.148 e. The predicted octanol–water partition coefficient (Wildman–Crippen LogP) is 1.44. The lowest BCUT2D eigenvalue weighted by Gasteiger charge is -2.00. The molecule has 0 aromatic carbocycles. The number of anilines is 1. The Labute approximate surface area is 70.8 Å². The van der Waals surface area contributed by atoms with Crippen LogP contribution in [0.1, 0.15) is 5.69 Å². The van der Waals surface area contributed by atoms with Gasteiger partial charge in [-0.15, -0.1) is 16.7 Å². The number of rotatable bonds is 3. The highest BCUT2D eigenvalue weighted by atomic mass is 35.5. The molecule has 1 aromatic heterocycles. The standard InChI is InChI=1S/C7H10ClN3/c1-6-2-3-7(11-10-6)9-5-4-8/h2-3H,4-5H2,1H3,(H,9,11). The van der Waals surface area contributed by atoms with Crippen LogP contribution in [0.25, 0.3) is 0 Å². The quantitative estimate of drug-likeness (QED) is 0.700. The van der Waals surface area contributed by atoms with Crippen molar-refractivity contribution in [3.63, 3.8) is 0 Å². The normalized spacial score (nSPS) is 9.64. The van der Waals surface area contributed by atoms with E-state index in [1.807, 2.05) is 19.1 Å². The molecule has 11 heavy (non-hydrogen) atoms. The molecule has 0 atom stereocenters. The van der Waals surface area contributed by atoms with Crippen molar-refractivity contribution < 1.29 is 0 Å². The van der Waals surface area contributed by atoms with E-state index in [1.165, 1.54) is 0 Å². The third kappa shape index (κ3) is 2.72. The highest BCUT2D eigenvalue weighted by Crippen LogP contribution is 1.99. The fraction of sp³-hybridized carbons (Fsp3) is 0.429. The van der Waals surface area contributed by atoms with E-state index in [0.29, 0.717) is 5.88 Å². The van der Waals surface area contributed by atoms with E-state index in [4.69, 9.17) is 11.6 Å². The van der Waals surface area contributed by atoms with Crippen LogP contribution in [-0.4, -0.2) is 22.6 Å². The summed E-state index contributed by atoms with van der Waals surface area (Å²) in [6, 6.07) is 3.79. The predicted molar refractivity (Wildman–Crippen MR) is 46.0 cm³/mol. The molecular formula is C7H10ClN3. The first kappa shape index (κ1) is 8.27. The van der Waals surface area contributed by atoms with Crippen molar-refractivity contribution in [1.29, 1.82) is 0 Å². The number of hydrogen-bond acceptors (Lipinski definition) is 3. The first-order valence-electron chi connectivity index (χ1n) is 3.43. The van der Waals surface area contributed by atoms with Crippen LogP contribution in [0.15, 0.2) is 12.1 Å². The summed E-state index contributed by atoms with van der Waals surface area (Å²) in [5.74, 6) is 1.35. The van der Waals surface area contributed by atoms with Crippen LogP contribution in [0.3, 0.4) is 0 Å². The average molecular weight is 172 g/mol. The van der Waals surface area contributed by atoms with Crippen molar-refractivity contribution in [2.75, 3.05) is 17.7 Å². The van der Waals surface area contributed by atoms with Gasteiger partial charge in [-0.3, -0.25) is 0 Å². The molecule has 0 aliphatic carbocycles. The molecule has 4 heteroatoms. The Morgan fingerprint density at radius 2 is 2.27 bits per heavy atom. The van der Waals surface area contributed by atoms with Crippen molar-refractivity contribution in [3.05, 3.63) is 17.8 Å². The van der Waals surface area contributed by atoms with Gasteiger partial charge in [0.05, 0.1) is 5.69 Å². The second-order valence-electron chi connectivity index (χ2n) is 2.18. The van der Waals surface area contributed by atoms with Gasteiger partial charge in [0, 0.05) is 12.4 Å². The number of hydrogen-bond donors (Lipinski definition) is 1. The van der Waals surface area contributed by atoms with E-state index in [9.17, 15) is 0 Å². The Morgan fingerprint density at radius 3 is 2.82 bits per heavy atom. The van der Waals surface area contributed by atoms with Gasteiger partial charge in [-0.25, -0.2) is 0 Å². The molecule has 0 saturated carbocycles. The molecule has 60 valence electrons. The molecule has 0 spiro atoms. The first-order valence-corrected chi connectivity index (χ1v) is 3.96. The van der Waals surface area contributed by atoms with Gasteiger partial charge in [0.1, 0.15) is 5.82 Å². The molecule has 0 fully saturated rings. The van der Waals surface area contributed by atoms with Gasteiger partial charge in [0.15, 0.2) is 0 Å². The summed E-state index contributed by atoms with van der Waals surface area (Å²) in [7, 11) is 0. The number of aryl methyl sites for hydroxylation is 1. The smallest absolute Gasteiger partial charge is 0.148 e. The van der Waals surface area contributed by atoms with Gasteiger partial charge < -0.3 is 5.32 Å². The Bertz CT molecular complexity index is 209. The van der Waals surface area contributed by atoms with Crippen molar-refractivity contribution in [3.8, 4) is 0 Å². The van der Waals surface area contributed by atoms with Crippen LogP contribution in [0.5, 0.6) is 0 Å². The lowest BCUT2D eigenvalue weighted by molar-refractivity contribution is 0.971. The molecule has 0 amide bonds. The highest BCUT2D eigenvalue weighted by Gasteiger charge is 1.91. The Morgan fingerprint density at radius 1 is 1.45 bits per heavy atom. The number of halogens is 1. The summed E-state index contributed by atoms with van der Waals surface area (Å²) in [4.78, 5) is 0. The maximum atomic E-state index is 5.47. The summed E-state index contributed by atoms with van der Waals surface area (Å²) in [5.41, 5.74) is 0.918. The van der Waals surface area contributed by atoms with Crippen molar-refractivity contribution in [1.82, 2.24) is 10.2 Å². The van der Waals surface area contributed by atoms with Crippen molar-refractivity contribution >= 4 is 17.4 Å². The van der Waals surface area contributed by atoms with Crippen LogP contribution in [0, 0.1) is 6.92 Å². The summed E-state index contributed by atoms with van der Waals surface area (Å²) in [5, 5.41) is 10.8. The second-order valence-corrected chi connectivity index (χ2v) is 2.55. The highest BCUT2D eigenvalue weighted by molar-refractivity contribution is 6.18. The minimum absolute atomic E-state index is 0.579. The van der Waals surface area contributed by atoms with Crippen LogP contribution in [0.4, 0.5) is 5.82 Å². The summed E-state index contributed by atoms with van der Waals surface area (Å²) < 4.78 is 0. The molecule has 0 saturated heterocycles. The fourth-order valence-electron chi connectivity index (χ4n) is 0.669. The van der Waals surface area contributed by atoms with E-state index < -0.39 is 0 Å². The number of nitrogens with zero attached hydrogens (tertiary/aromatic N) is 2. The van der Waals surface area contributed by atoms with Crippen LogP contribution >= 0.6 is 11.6 Å². The van der Waals surface area contributed by atoms with Gasteiger partial charge in [0.25, 0.3) is 0 Å². The second kappa shape index (κ2) is 4.13. The van der Waals surface area contributed by atoms with Crippen LogP contribution < -0.4 is 5.32 Å². The third-order valence-corrected chi connectivity index (χ3v) is 1.39. The molecule has 0 bridgehead atoms. The van der Waals surface area contributed by atoms with Gasteiger partial charge in [0.2, 0.25) is 0 Å². The molecule has 1 rings (SSSR count). The summed E-state index contributed by atoms with van der Waals surface area (Å²) in [6.07, 6.45) is 0. The van der Waals surface area contributed by atoms with E-state index in [-0.39, 0.29) is 0 Å². The third-order valence-electron chi connectivity index (χ3n) is 1.20. The number of alkyl halides is 1. The topological polar surface area (TPSA) is 37.8 Å². The number of nitrogens with one attached hydrogen (secondary N) is 1. The monoisotopic (exact) mass is 171 g/mol. The number of aromatic nitrogens is 2. The van der Waals surface area contributed by atoms with E-state index in [1.54, 1.807) is 0 Å². The zero-order valence-electron chi connectivity index (χ0n) is 6.34. The molecule has 1 N–H and O–H groups in total. The molecule has 0 aliphatic rings. The molecular weight excluding hydrogens is 162 g/mol. The first-order chi connectivity index (χ1) is 5.33. The van der Waals surface area contributed by atoms with E-state index in [0.717, 1.165) is 18.1 Å².